The van der Waals surface area contributed by atoms with E-state index in [2.05, 4.69) is 10.3 Å². The number of rotatable bonds is 6. The van der Waals surface area contributed by atoms with Gasteiger partial charge in [-0.1, -0.05) is 6.92 Å². The molecule has 2 rings (SSSR count). The number of sulfone groups is 1. The van der Waals surface area contributed by atoms with Crippen LogP contribution < -0.4 is 5.32 Å². The second kappa shape index (κ2) is 7.40. The number of anilines is 1. The third kappa shape index (κ3) is 4.18. The molecule has 0 spiro atoms. The fourth-order valence-electron chi connectivity index (χ4n) is 2.16. The average Bonchev–Trinajstić information content (AvgIpc) is 2.87. The molecule has 0 saturated carbocycles. The van der Waals surface area contributed by atoms with Gasteiger partial charge in [-0.3, -0.25) is 4.79 Å². The highest BCUT2D eigenvalue weighted by atomic mass is 32.2. The quantitative estimate of drug-likeness (QED) is 0.845. The molecule has 5 nitrogen and oxygen atoms in total. The molecule has 2 aromatic rings. The Morgan fingerprint density at radius 1 is 1.33 bits per heavy atom. The largest absolute Gasteiger partial charge is 0.301 e. The monoisotopic (exact) mass is 370 g/mol. The molecule has 130 valence electrons. The van der Waals surface area contributed by atoms with Gasteiger partial charge in [-0.15, -0.1) is 11.3 Å². The maximum atomic E-state index is 13.0. The molecule has 1 aromatic heterocycles. The van der Waals surface area contributed by atoms with E-state index in [0.717, 1.165) is 10.4 Å². The molecule has 0 radical (unpaired) electrons. The third-order valence-electron chi connectivity index (χ3n) is 3.54. The number of hydrogen-bond acceptors (Lipinski definition) is 5. The highest BCUT2D eigenvalue weighted by Gasteiger charge is 2.28. The third-order valence-corrected chi connectivity index (χ3v) is 6.70. The summed E-state index contributed by atoms with van der Waals surface area (Å²) in [6.07, 6.45) is 0.463. The first-order valence-corrected chi connectivity index (χ1v) is 10.0. The molecule has 0 aliphatic rings. The van der Waals surface area contributed by atoms with Crippen LogP contribution >= 0.6 is 11.3 Å². The van der Waals surface area contributed by atoms with Crippen molar-refractivity contribution in [3.63, 3.8) is 0 Å². The van der Waals surface area contributed by atoms with Gasteiger partial charge >= 0.3 is 0 Å². The van der Waals surface area contributed by atoms with Crippen LogP contribution in [0.3, 0.4) is 0 Å². The Balaban J connectivity index is 2.18. The zero-order valence-electron chi connectivity index (χ0n) is 13.7. The van der Waals surface area contributed by atoms with Gasteiger partial charge in [0.15, 0.2) is 15.0 Å². The molecule has 0 saturated heterocycles. The molecule has 1 aromatic carbocycles. The van der Waals surface area contributed by atoms with Crippen molar-refractivity contribution in [3.8, 4) is 11.3 Å². The Labute approximate surface area is 144 Å². The second-order valence-electron chi connectivity index (χ2n) is 5.43. The molecular weight excluding hydrogens is 351 g/mol. The van der Waals surface area contributed by atoms with E-state index in [4.69, 9.17) is 0 Å². The van der Waals surface area contributed by atoms with Gasteiger partial charge in [0.2, 0.25) is 5.91 Å². The van der Waals surface area contributed by atoms with Crippen molar-refractivity contribution in [2.45, 2.75) is 32.4 Å². The Morgan fingerprint density at radius 2 is 1.96 bits per heavy atom. The zero-order valence-corrected chi connectivity index (χ0v) is 15.3. The number of benzene rings is 1. The lowest BCUT2D eigenvalue weighted by Crippen LogP contribution is -2.34. The summed E-state index contributed by atoms with van der Waals surface area (Å²) >= 11 is 1.25. The summed E-state index contributed by atoms with van der Waals surface area (Å²) in [6.45, 7) is 4.96. The number of carbonyl (C=O) groups is 1. The molecule has 0 aliphatic carbocycles. The summed E-state index contributed by atoms with van der Waals surface area (Å²) < 4.78 is 37.0. The van der Waals surface area contributed by atoms with E-state index in [-0.39, 0.29) is 11.6 Å². The second-order valence-corrected chi connectivity index (χ2v) is 9.07. The predicted octanol–water partition coefficient (Wildman–Crippen LogP) is 3.41. The van der Waals surface area contributed by atoms with Crippen LogP contribution in [0.2, 0.25) is 0 Å². The molecular formula is C16H19FN2O3S2. The Bertz CT molecular complexity index is 830. The number of nitrogens with one attached hydrogen (secondary N) is 1. The molecule has 1 atom stereocenters. The van der Waals surface area contributed by atoms with E-state index in [9.17, 15) is 17.6 Å². The summed E-state index contributed by atoms with van der Waals surface area (Å²) in [4.78, 5) is 17.3. The van der Waals surface area contributed by atoms with Crippen molar-refractivity contribution in [2.24, 2.45) is 0 Å². The van der Waals surface area contributed by atoms with Crippen molar-refractivity contribution in [2.75, 3.05) is 11.1 Å². The lowest BCUT2D eigenvalue weighted by molar-refractivity contribution is -0.115. The number of aromatic nitrogens is 1. The van der Waals surface area contributed by atoms with Gasteiger partial charge in [0.05, 0.1) is 11.4 Å². The molecule has 8 heteroatoms. The minimum Gasteiger partial charge on any atom is -0.301 e. The minimum atomic E-state index is -3.47. The first kappa shape index (κ1) is 18.5. The van der Waals surface area contributed by atoms with Gasteiger partial charge in [0, 0.05) is 10.4 Å². The fourth-order valence-corrected chi connectivity index (χ4v) is 4.30. The van der Waals surface area contributed by atoms with Crippen molar-refractivity contribution >= 4 is 32.2 Å². The van der Waals surface area contributed by atoms with Crippen LogP contribution in [-0.4, -0.2) is 30.3 Å². The van der Waals surface area contributed by atoms with Gasteiger partial charge in [-0.25, -0.2) is 17.8 Å². The number of halogens is 1. The Morgan fingerprint density at radius 3 is 2.54 bits per heavy atom. The first-order valence-electron chi connectivity index (χ1n) is 7.50. The molecule has 0 unspecified atom stereocenters. The number of nitrogens with zero attached hydrogens (tertiary/aromatic N) is 1. The lowest BCUT2D eigenvalue weighted by atomic mass is 10.1. The van der Waals surface area contributed by atoms with Crippen molar-refractivity contribution in [1.82, 2.24) is 4.98 Å². The lowest BCUT2D eigenvalue weighted by Gasteiger charge is -2.11. The Kier molecular flexibility index (Phi) is 5.71. The fraction of sp³-hybridized carbons (Fsp3) is 0.375. The maximum Gasteiger partial charge on any atom is 0.244 e. The standard InChI is InChI=1S/C16H19FN2O3S2/c1-4-9-24(21,22)11(3)15(20)19-16-18-14(10(2)23-16)12-5-7-13(17)8-6-12/h5-8,11H,4,9H2,1-3H3,(H,18,19,20)/t11-/m1/s1. The van der Waals surface area contributed by atoms with Crippen LogP contribution in [-0.2, 0) is 14.6 Å². The molecule has 1 heterocycles. The topological polar surface area (TPSA) is 76.1 Å². The maximum absolute atomic E-state index is 13.0. The minimum absolute atomic E-state index is 0.0285. The molecule has 0 fully saturated rings. The molecule has 0 aliphatic heterocycles. The van der Waals surface area contributed by atoms with Crippen LogP contribution in [0, 0.1) is 12.7 Å². The number of hydrogen-bond donors (Lipinski definition) is 1. The zero-order chi connectivity index (χ0) is 17.9. The van der Waals surface area contributed by atoms with Gasteiger partial charge in [-0.2, -0.15) is 0 Å². The van der Waals surface area contributed by atoms with Crippen molar-refractivity contribution < 1.29 is 17.6 Å². The van der Waals surface area contributed by atoms with Gasteiger partial charge < -0.3 is 5.32 Å². The number of amides is 1. The smallest absolute Gasteiger partial charge is 0.244 e. The Hall–Kier alpha value is -1.80. The van der Waals surface area contributed by atoms with Crippen LogP contribution in [0.4, 0.5) is 9.52 Å². The number of aryl methyl sites for hydroxylation is 1. The highest BCUT2D eigenvalue weighted by Crippen LogP contribution is 2.30. The van der Waals surface area contributed by atoms with Gasteiger partial charge in [0.25, 0.3) is 0 Å². The van der Waals surface area contributed by atoms with E-state index in [0.29, 0.717) is 17.2 Å². The summed E-state index contributed by atoms with van der Waals surface area (Å²) in [5, 5.41) is 1.76. The molecule has 0 bridgehead atoms. The summed E-state index contributed by atoms with van der Waals surface area (Å²) in [5.41, 5.74) is 1.37. The molecule has 24 heavy (non-hydrogen) atoms. The summed E-state index contributed by atoms with van der Waals surface area (Å²) in [6, 6.07) is 5.90. The normalized spacial score (nSPS) is 12.8. The van der Waals surface area contributed by atoms with Crippen molar-refractivity contribution in [3.05, 3.63) is 35.0 Å². The predicted molar refractivity (Wildman–Crippen MR) is 94.4 cm³/mol. The summed E-state index contributed by atoms with van der Waals surface area (Å²) in [7, 11) is -3.47. The van der Waals surface area contributed by atoms with Crippen LogP contribution in [0.25, 0.3) is 11.3 Å². The van der Waals surface area contributed by atoms with Crippen LogP contribution in [0.1, 0.15) is 25.1 Å². The number of thiazole rings is 1. The van der Waals surface area contributed by atoms with Crippen molar-refractivity contribution in [1.29, 1.82) is 0 Å². The van der Waals surface area contributed by atoms with E-state index < -0.39 is 21.0 Å². The first-order chi connectivity index (χ1) is 11.2. The van der Waals surface area contributed by atoms with Gasteiger partial charge in [-0.05, 0) is 44.5 Å². The van der Waals surface area contributed by atoms with E-state index in [1.807, 2.05) is 6.92 Å². The average molecular weight is 370 g/mol. The molecule has 1 amide bonds. The number of carbonyl (C=O) groups excluding carboxylic acids is 1. The van der Waals surface area contributed by atoms with E-state index >= 15 is 0 Å². The van der Waals surface area contributed by atoms with E-state index in [1.165, 1.54) is 30.4 Å². The van der Waals surface area contributed by atoms with Crippen LogP contribution in [0.5, 0.6) is 0 Å². The SMILES string of the molecule is CCCS(=O)(=O)[C@H](C)C(=O)Nc1nc(-c2ccc(F)cc2)c(C)s1. The van der Waals surface area contributed by atoms with Gasteiger partial charge in [0.1, 0.15) is 11.1 Å². The summed E-state index contributed by atoms with van der Waals surface area (Å²) in [5.74, 6) is -0.961. The van der Waals surface area contributed by atoms with Crippen LogP contribution in [0.15, 0.2) is 24.3 Å². The molecule has 1 N–H and O–H groups in total. The highest BCUT2D eigenvalue weighted by molar-refractivity contribution is 7.92. The van der Waals surface area contributed by atoms with E-state index in [1.54, 1.807) is 19.1 Å².